The van der Waals surface area contributed by atoms with Crippen molar-refractivity contribution in [2.75, 3.05) is 13.2 Å². The van der Waals surface area contributed by atoms with Crippen molar-refractivity contribution in [3.05, 3.63) is 59.7 Å². The monoisotopic (exact) mass is 498 g/mol. The van der Waals surface area contributed by atoms with Crippen molar-refractivity contribution in [2.24, 2.45) is 0 Å². The van der Waals surface area contributed by atoms with Crippen LogP contribution in [0.25, 0.3) is 0 Å². The predicted molar refractivity (Wildman–Crippen MR) is 136 cm³/mol. The Morgan fingerprint density at radius 2 is 1.44 bits per heavy atom. The van der Waals surface area contributed by atoms with Crippen LogP contribution in [0.3, 0.4) is 0 Å². The number of carbonyl (C=O) groups excluding carboxylic acids is 1. The molecule has 0 saturated carbocycles. The first kappa shape index (κ1) is 27.7. The van der Waals surface area contributed by atoms with Crippen LogP contribution in [0.1, 0.15) is 88.1 Å². The Balaban J connectivity index is 1.45. The van der Waals surface area contributed by atoms with Gasteiger partial charge in [-0.3, -0.25) is 0 Å². The summed E-state index contributed by atoms with van der Waals surface area (Å²) in [5.41, 5.74) is -0.788. The fraction of sp³-hybridized carbons (Fsp3) is 0.517. The van der Waals surface area contributed by atoms with Crippen molar-refractivity contribution in [3.8, 4) is 11.5 Å². The molecule has 1 aliphatic rings. The lowest BCUT2D eigenvalue weighted by Crippen LogP contribution is -2.39. The fourth-order valence-electron chi connectivity index (χ4n) is 4.20. The quantitative estimate of drug-likeness (QED) is 0.181. The Morgan fingerprint density at radius 3 is 2.00 bits per heavy atom. The van der Waals surface area contributed by atoms with Gasteiger partial charge >= 0.3 is 11.9 Å². The number of hydrogen-bond acceptors (Lipinski definition) is 6. The van der Waals surface area contributed by atoms with Crippen molar-refractivity contribution in [1.29, 1.82) is 0 Å². The first-order chi connectivity index (χ1) is 17.3. The minimum Gasteiger partial charge on any atom is -0.494 e. The molecule has 1 aliphatic heterocycles. The van der Waals surface area contributed by atoms with Crippen LogP contribution in [0.4, 0.5) is 0 Å². The molecule has 2 aromatic carbocycles. The first-order valence-electron chi connectivity index (χ1n) is 12.9. The molecule has 1 unspecified atom stereocenters. The maximum absolute atomic E-state index is 12.5. The van der Waals surface area contributed by atoms with Gasteiger partial charge in [-0.2, -0.15) is 0 Å². The van der Waals surface area contributed by atoms with Crippen LogP contribution in [0, 0.1) is 0 Å². The van der Waals surface area contributed by atoms with Crippen LogP contribution in [0.2, 0.25) is 0 Å². The molecule has 1 heterocycles. The number of aliphatic carboxylic acids is 1. The van der Waals surface area contributed by atoms with E-state index in [9.17, 15) is 14.7 Å². The van der Waals surface area contributed by atoms with Gasteiger partial charge in [-0.05, 0) is 62.2 Å². The van der Waals surface area contributed by atoms with Crippen LogP contribution < -0.4 is 9.47 Å². The topological polar surface area (TPSA) is 91.3 Å². The lowest BCUT2D eigenvalue weighted by Gasteiger charge is -2.25. The molecule has 3 rings (SSSR count). The standard InChI is InChI=1S/C29H38O7/c1-4-5-6-7-8-9-10-11-20-33-24-16-12-22(13-17-24)26(30)35-25-18-14-23(15-19-25)29(27(31)32)21-34-28(2,3)36-29/h12-19H,4-11,20-21H2,1-3H3,(H,31,32). The highest BCUT2D eigenvalue weighted by atomic mass is 16.8. The second kappa shape index (κ2) is 12.9. The molecule has 1 atom stereocenters. The molecule has 0 bridgehead atoms. The summed E-state index contributed by atoms with van der Waals surface area (Å²) in [7, 11) is 0. The van der Waals surface area contributed by atoms with Gasteiger partial charge in [-0.1, -0.05) is 64.0 Å². The van der Waals surface area contributed by atoms with Crippen molar-refractivity contribution in [1.82, 2.24) is 0 Å². The smallest absolute Gasteiger partial charge is 0.343 e. The van der Waals surface area contributed by atoms with Gasteiger partial charge in [0.25, 0.3) is 0 Å². The van der Waals surface area contributed by atoms with Crippen LogP contribution in [-0.2, 0) is 19.9 Å². The van der Waals surface area contributed by atoms with Gasteiger partial charge in [0, 0.05) is 0 Å². The fourth-order valence-corrected chi connectivity index (χ4v) is 4.20. The van der Waals surface area contributed by atoms with Gasteiger partial charge in [0.1, 0.15) is 11.5 Å². The summed E-state index contributed by atoms with van der Waals surface area (Å²) in [5, 5.41) is 9.76. The number of carboxylic acid groups (broad SMARTS) is 1. The number of hydrogen-bond donors (Lipinski definition) is 1. The first-order valence-corrected chi connectivity index (χ1v) is 12.9. The summed E-state index contributed by atoms with van der Waals surface area (Å²) in [6, 6.07) is 13.1. The van der Waals surface area contributed by atoms with E-state index in [0.717, 1.165) is 12.2 Å². The number of unbranched alkanes of at least 4 members (excludes halogenated alkanes) is 7. The Bertz CT molecular complexity index is 982. The van der Waals surface area contributed by atoms with Gasteiger partial charge in [0.2, 0.25) is 5.60 Å². The average molecular weight is 499 g/mol. The zero-order valence-electron chi connectivity index (χ0n) is 21.6. The molecule has 36 heavy (non-hydrogen) atoms. The highest BCUT2D eigenvalue weighted by Gasteiger charge is 2.52. The number of esters is 1. The molecule has 1 N–H and O–H groups in total. The minimum absolute atomic E-state index is 0.109. The number of ether oxygens (including phenoxy) is 4. The van der Waals surface area contributed by atoms with E-state index in [2.05, 4.69) is 6.92 Å². The molecule has 0 radical (unpaired) electrons. The van der Waals surface area contributed by atoms with Crippen LogP contribution in [-0.4, -0.2) is 36.0 Å². The number of benzene rings is 2. The summed E-state index contributed by atoms with van der Waals surface area (Å²) in [4.78, 5) is 24.5. The van der Waals surface area contributed by atoms with Gasteiger partial charge in [0.15, 0.2) is 5.79 Å². The lowest BCUT2D eigenvalue weighted by atomic mass is 9.94. The van der Waals surface area contributed by atoms with Gasteiger partial charge < -0.3 is 24.1 Å². The van der Waals surface area contributed by atoms with E-state index in [1.165, 1.54) is 44.9 Å². The predicted octanol–water partition coefficient (Wildman–Crippen LogP) is 6.49. The summed E-state index contributed by atoms with van der Waals surface area (Å²) in [6.07, 6.45) is 9.98. The van der Waals surface area contributed by atoms with Crippen molar-refractivity contribution >= 4 is 11.9 Å². The molecule has 0 amide bonds. The molecule has 0 aromatic heterocycles. The van der Waals surface area contributed by atoms with Crippen molar-refractivity contribution in [2.45, 2.75) is 83.5 Å². The highest BCUT2D eigenvalue weighted by Crippen LogP contribution is 2.39. The number of carbonyl (C=O) groups is 2. The summed E-state index contributed by atoms with van der Waals surface area (Å²) in [5.74, 6) is -1.63. The Labute approximate surface area is 213 Å². The largest absolute Gasteiger partial charge is 0.494 e. The van der Waals surface area contributed by atoms with Gasteiger partial charge in [-0.15, -0.1) is 0 Å². The Kier molecular flexibility index (Phi) is 9.90. The van der Waals surface area contributed by atoms with E-state index < -0.39 is 23.3 Å². The van der Waals surface area contributed by atoms with Crippen LogP contribution >= 0.6 is 0 Å². The molecule has 7 nitrogen and oxygen atoms in total. The summed E-state index contributed by atoms with van der Waals surface area (Å²) < 4.78 is 22.4. The van der Waals surface area contributed by atoms with Gasteiger partial charge in [0.05, 0.1) is 18.8 Å². The molecule has 1 saturated heterocycles. The molecular formula is C29H38O7. The third-order valence-corrected chi connectivity index (χ3v) is 6.28. The zero-order chi connectivity index (χ0) is 26.0. The molecule has 7 heteroatoms. The molecule has 196 valence electrons. The van der Waals surface area contributed by atoms with Crippen molar-refractivity contribution in [3.63, 3.8) is 0 Å². The average Bonchev–Trinajstić information content (AvgIpc) is 3.20. The van der Waals surface area contributed by atoms with E-state index in [1.54, 1.807) is 62.4 Å². The molecule has 0 spiro atoms. The normalized spacial score (nSPS) is 18.6. The maximum Gasteiger partial charge on any atom is 0.343 e. The zero-order valence-corrected chi connectivity index (χ0v) is 21.6. The Morgan fingerprint density at radius 1 is 0.861 bits per heavy atom. The summed E-state index contributed by atoms with van der Waals surface area (Å²) in [6.45, 7) is 6.12. The summed E-state index contributed by atoms with van der Waals surface area (Å²) >= 11 is 0. The molecule has 0 aliphatic carbocycles. The minimum atomic E-state index is -1.60. The second-order valence-electron chi connectivity index (χ2n) is 9.68. The van der Waals surface area contributed by atoms with Crippen LogP contribution in [0.15, 0.2) is 48.5 Å². The van der Waals surface area contributed by atoms with E-state index >= 15 is 0 Å². The van der Waals surface area contributed by atoms with E-state index in [-0.39, 0.29) is 6.61 Å². The highest BCUT2D eigenvalue weighted by molar-refractivity contribution is 5.91. The Hall–Kier alpha value is -2.90. The van der Waals surface area contributed by atoms with E-state index in [4.69, 9.17) is 18.9 Å². The molecular weight excluding hydrogens is 460 g/mol. The third-order valence-electron chi connectivity index (χ3n) is 6.28. The van der Waals surface area contributed by atoms with E-state index in [1.807, 2.05) is 0 Å². The maximum atomic E-state index is 12.5. The number of rotatable bonds is 14. The lowest BCUT2D eigenvalue weighted by molar-refractivity contribution is -0.187. The van der Waals surface area contributed by atoms with Crippen molar-refractivity contribution < 1.29 is 33.6 Å². The third kappa shape index (κ3) is 7.55. The SMILES string of the molecule is CCCCCCCCCCOc1ccc(C(=O)Oc2ccc(C3(C(=O)O)COC(C)(C)O3)cc2)cc1. The molecule has 2 aromatic rings. The second-order valence-corrected chi connectivity index (χ2v) is 9.68. The molecule has 1 fully saturated rings. The number of carboxylic acids is 1. The van der Waals surface area contributed by atoms with Gasteiger partial charge in [-0.25, -0.2) is 9.59 Å². The van der Waals surface area contributed by atoms with E-state index in [0.29, 0.717) is 23.5 Å². The van der Waals surface area contributed by atoms with Crippen LogP contribution in [0.5, 0.6) is 11.5 Å².